The van der Waals surface area contributed by atoms with Crippen LogP contribution in [0.25, 0.3) is 0 Å². The molecule has 0 radical (unpaired) electrons. The summed E-state index contributed by atoms with van der Waals surface area (Å²) in [5, 5.41) is 2.96. The number of carbonyl (C=O) groups is 1. The van der Waals surface area contributed by atoms with Crippen molar-refractivity contribution >= 4 is 11.6 Å². The molecule has 24 heavy (non-hydrogen) atoms. The van der Waals surface area contributed by atoms with E-state index in [0.717, 1.165) is 29.7 Å². The van der Waals surface area contributed by atoms with Gasteiger partial charge in [-0.1, -0.05) is 39.0 Å². The first-order chi connectivity index (χ1) is 11.4. The number of nitrogens with one attached hydrogen (secondary N) is 1. The number of anilines is 1. The van der Waals surface area contributed by atoms with Crippen LogP contribution in [0.5, 0.6) is 0 Å². The molecule has 1 amide bonds. The van der Waals surface area contributed by atoms with Crippen LogP contribution in [0.3, 0.4) is 0 Å². The van der Waals surface area contributed by atoms with E-state index in [0.29, 0.717) is 23.5 Å². The van der Waals surface area contributed by atoms with E-state index in [2.05, 4.69) is 5.32 Å². The summed E-state index contributed by atoms with van der Waals surface area (Å²) >= 11 is 0. The van der Waals surface area contributed by atoms with Crippen molar-refractivity contribution in [2.75, 3.05) is 5.32 Å². The largest absolute Gasteiger partial charge is 0.465 e. The Bertz CT molecular complexity index is 796. The number of aryl methyl sites for hydroxylation is 4. The van der Waals surface area contributed by atoms with Crippen molar-refractivity contribution in [3.05, 3.63) is 62.2 Å². The highest BCUT2D eigenvalue weighted by Gasteiger charge is 2.21. The average molecular weight is 327 g/mol. The molecule has 1 aromatic carbocycles. The zero-order chi connectivity index (χ0) is 17.9. The van der Waals surface area contributed by atoms with Gasteiger partial charge >= 0.3 is 0 Å². The molecule has 4 heteroatoms. The van der Waals surface area contributed by atoms with Crippen LogP contribution in [0.4, 0.5) is 5.69 Å². The predicted molar refractivity (Wildman–Crippen MR) is 97.0 cm³/mol. The molecule has 0 saturated heterocycles. The van der Waals surface area contributed by atoms with Crippen molar-refractivity contribution in [1.82, 2.24) is 0 Å². The molecule has 4 nitrogen and oxygen atoms in total. The Morgan fingerprint density at radius 3 is 2.12 bits per heavy atom. The maximum atomic E-state index is 12.8. The standard InChI is InChI=1S/C20H25NO3/c1-6-14-10-9-11-15(7-2)18(14)21-20(23)17-16(8-3)24-13(5)12(4)19(17)22/h9-11H,6-8H2,1-5H3,(H,21,23). The number of para-hydroxylation sites is 1. The van der Waals surface area contributed by atoms with Gasteiger partial charge in [-0.15, -0.1) is 0 Å². The molecule has 0 saturated carbocycles. The Labute approximate surface area is 142 Å². The Morgan fingerprint density at radius 1 is 1.04 bits per heavy atom. The molecular formula is C20H25NO3. The molecule has 0 atom stereocenters. The fraction of sp³-hybridized carbons (Fsp3) is 0.400. The van der Waals surface area contributed by atoms with Gasteiger partial charge in [-0.25, -0.2) is 0 Å². The molecule has 2 rings (SSSR count). The normalized spacial score (nSPS) is 10.7. The first-order valence-electron chi connectivity index (χ1n) is 8.49. The summed E-state index contributed by atoms with van der Waals surface area (Å²) in [4.78, 5) is 25.4. The molecule has 0 aliphatic carbocycles. The van der Waals surface area contributed by atoms with Gasteiger partial charge in [-0.2, -0.15) is 0 Å². The molecule has 0 aliphatic rings. The van der Waals surface area contributed by atoms with Crippen LogP contribution in [0, 0.1) is 13.8 Å². The zero-order valence-corrected chi connectivity index (χ0v) is 15.1. The van der Waals surface area contributed by atoms with E-state index in [9.17, 15) is 9.59 Å². The van der Waals surface area contributed by atoms with Crippen LogP contribution in [0.2, 0.25) is 0 Å². The van der Waals surface area contributed by atoms with E-state index in [4.69, 9.17) is 4.42 Å². The monoisotopic (exact) mass is 327 g/mol. The van der Waals surface area contributed by atoms with Gasteiger partial charge in [-0.3, -0.25) is 9.59 Å². The number of hydrogen-bond donors (Lipinski definition) is 1. The molecule has 2 aromatic rings. The second kappa shape index (κ2) is 7.47. The Hall–Kier alpha value is -2.36. The third-order valence-corrected chi connectivity index (χ3v) is 4.44. The molecule has 0 unspecified atom stereocenters. The Kier molecular flexibility index (Phi) is 5.60. The summed E-state index contributed by atoms with van der Waals surface area (Å²) in [6, 6.07) is 5.99. The number of amides is 1. The minimum atomic E-state index is -0.390. The average Bonchev–Trinajstić information content (AvgIpc) is 2.59. The summed E-state index contributed by atoms with van der Waals surface area (Å²) in [6.45, 7) is 9.41. The van der Waals surface area contributed by atoms with E-state index >= 15 is 0 Å². The SMILES string of the molecule is CCc1cccc(CC)c1NC(=O)c1c(CC)oc(C)c(C)c1=O. The fourth-order valence-electron chi connectivity index (χ4n) is 2.84. The molecule has 0 spiro atoms. The third-order valence-electron chi connectivity index (χ3n) is 4.44. The minimum absolute atomic E-state index is 0.119. The Balaban J connectivity index is 2.53. The van der Waals surface area contributed by atoms with Crippen molar-refractivity contribution in [2.24, 2.45) is 0 Å². The lowest BCUT2D eigenvalue weighted by atomic mass is 10.0. The van der Waals surface area contributed by atoms with Gasteiger partial charge in [0.2, 0.25) is 5.43 Å². The van der Waals surface area contributed by atoms with Gasteiger partial charge in [0.1, 0.15) is 17.1 Å². The molecule has 0 aliphatic heterocycles. The van der Waals surface area contributed by atoms with Crippen LogP contribution >= 0.6 is 0 Å². The zero-order valence-electron chi connectivity index (χ0n) is 15.1. The topological polar surface area (TPSA) is 59.3 Å². The van der Waals surface area contributed by atoms with Gasteiger partial charge < -0.3 is 9.73 Å². The summed E-state index contributed by atoms with van der Waals surface area (Å²) in [5.41, 5.74) is 3.29. The molecular weight excluding hydrogens is 302 g/mol. The number of carbonyl (C=O) groups excluding carboxylic acids is 1. The molecule has 0 bridgehead atoms. The van der Waals surface area contributed by atoms with Crippen molar-refractivity contribution in [3.63, 3.8) is 0 Å². The van der Waals surface area contributed by atoms with E-state index in [1.807, 2.05) is 39.0 Å². The third kappa shape index (κ3) is 3.28. The fourth-order valence-corrected chi connectivity index (χ4v) is 2.84. The highest BCUT2D eigenvalue weighted by Crippen LogP contribution is 2.24. The molecule has 128 valence electrons. The van der Waals surface area contributed by atoms with Crippen molar-refractivity contribution in [1.29, 1.82) is 0 Å². The molecule has 0 fully saturated rings. The summed E-state index contributed by atoms with van der Waals surface area (Å²) in [5.74, 6) is 0.614. The van der Waals surface area contributed by atoms with Crippen LogP contribution in [-0.2, 0) is 19.3 Å². The smallest absolute Gasteiger partial charge is 0.263 e. The number of hydrogen-bond acceptors (Lipinski definition) is 3. The lowest BCUT2D eigenvalue weighted by Gasteiger charge is -2.15. The van der Waals surface area contributed by atoms with Crippen LogP contribution in [0.1, 0.15) is 59.3 Å². The van der Waals surface area contributed by atoms with Crippen LogP contribution < -0.4 is 10.7 Å². The number of benzene rings is 1. The highest BCUT2D eigenvalue weighted by atomic mass is 16.3. The minimum Gasteiger partial charge on any atom is -0.465 e. The first-order valence-corrected chi connectivity index (χ1v) is 8.49. The number of rotatable bonds is 5. The lowest BCUT2D eigenvalue weighted by Crippen LogP contribution is -2.26. The molecule has 1 N–H and O–H groups in total. The predicted octanol–water partition coefficient (Wildman–Crippen LogP) is 4.20. The second-order valence-electron chi connectivity index (χ2n) is 5.88. The van der Waals surface area contributed by atoms with Gasteiger partial charge in [0, 0.05) is 17.7 Å². The maximum absolute atomic E-state index is 12.8. The van der Waals surface area contributed by atoms with Crippen LogP contribution in [-0.4, -0.2) is 5.91 Å². The Morgan fingerprint density at radius 2 is 1.62 bits per heavy atom. The molecule has 1 aromatic heterocycles. The lowest BCUT2D eigenvalue weighted by molar-refractivity contribution is 0.102. The maximum Gasteiger partial charge on any atom is 0.263 e. The van der Waals surface area contributed by atoms with Crippen molar-refractivity contribution < 1.29 is 9.21 Å². The summed E-state index contributed by atoms with van der Waals surface area (Å²) in [6.07, 6.45) is 2.12. The van der Waals surface area contributed by atoms with Crippen LogP contribution in [0.15, 0.2) is 27.4 Å². The summed E-state index contributed by atoms with van der Waals surface area (Å²) in [7, 11) is 0. The first kappa shape index (κ1) is 18.0. The molecule has 1 heterocycles. The van der Waals surface area contributed by atoms with E-state index in [-0.39, 0.29) is 16.9 Å². The van der Waals surface area contributed by atoms with Gasteiger partial charge in [0.25, 0.3) is 5.91 Å². The van der Waals surface area contributed by atoms with Crippen molar-refractivity contribution in [2.45, 2.75) is 53.9 Å². The van der Waals surface area contributed by atoms with E-state index in [1.54, 1.807) is 13.8 Å². The van der Waals surface area contributed by atoms with Gasteiger partial charge in [-0.05, 0) is 37.8 Å². The second-order valence-corrected chi connectivity index (χ2v) is 5.88. The van der Waals surface area contributed by atoms with Crippen molar-refractivity contribution in [3.8, 4) is 0 Å². The van der Waals surface area contributed by atoms with Gasteiger partial charge in [0.05, 0.1) is 0 Å². The van der Waals surface area contributed by atoms with Gasteiger partial charge in [0.15, 0.2) is 0 Å². The van der Waals surface area contributed by atoms with E-state index < -0.39 is 0 Å². The quantitative estimate of drug-likeness (QED) is 0.895. The van der Waals surface area contributed by atoms with E-state index in [1.165, 1.54) is 0 Å². The highest BCUT2D eigenvalue weighted by molar-refractivity contribution is 6.05. The summed E-state index contributed by atoms with van der Waals surface area (Å²) < 4.78 is 5.68.